The number of hydrogen-bond acceptors (Lipinski definition) is 3. The van der Waals surface area contributed by atoms with E-state index in [0.717, 1.165) is 45.5 Å². The normalized spacial score (nSPS) is 23.0. The van der Waals surface area contributed by atoms with E-state index in [0.29, 0.717) is 18.4 Å². The number of amides is 1. The molecule has 3 rings (SSSR count). The lowest BCUT2D eigenvalue weighted by atomic mass is 9.86. The van der Waals surface area contributed by atoms with Crippen LogP contribution in [0.3, 0.4) is 0 Å². The Morgan fingerprint density at radius 3 is 2.50 bits per heavy atom. The molecule has 1 amide bonds. The molecule has 144 valence electrons. The molecule has 1 aromatic rings. The summed E-state index contributed by atoms with van der Waals surface area (Å²) in [5.41, 5.74) is 1.38. The van der Waals surface area contributed by atoms with Gasteiger partial charge in [0, 0.05) is 32.1 Å². The third kappa shape index (κ3) is 4.86. The summed E-state index contributed by atoms with van der Waals surface area (Å²) in [4.78, 5) is 16.9. The lowest BCUT2D eigenvalue weighted by molar-refractivity contribution is -0.137. The highest BCUT2D eigenvalue weighted by molar-refractivity contribution is 5.76. The third-order valence-electron chi connectivity index (χ3n) is 5.80. The molecule has 2 aliphatic heterocycles. The minimum absolute atomic E-state index is 0.0197. The largest absolute Gasteiger partial charge is 0.373 e. The molecule has 0 saturated carbocycles. The molecule has 1 unspecified atom stereocenters. The van der Waals surface area contributed by atoms with E-state index in [4.69, 9.17) is 4.74 Å². The molecule has 0 N–H and O–H groups in total. The van der Waals surface area contributed by atoms with Crippen LogP contribution in [0.1, 0.15) is 52.0 Å². The van der Waals surface area contributed by atoms with Crippen LogP contribution in [-0.2, 0) is 16.1 Å². The second-order valence-corrected chi connectivity index (χ2v) is 9.37. The van der Waals surface area contributed by atoms with Gasteiger partial charge in [0.15, 0.2) is 0 Å². The summed E-state index contributed by atoms with van der Waals surface area (Å²) in [6, 6.07) is 11.1. The fourth-order valence-electron chi connectivity index (χ4n) is 4.18. The number of nitrogens with zero attached hydrogens (tertiary/aromatic N) is 2. The van der Waals surface area contributed by atoms with Gasteiger partial charge in [0.05, 0.1) is 12.2 Å². The second-order valence-electron chi connectivity index (χ2n) is 9.37. The van der Waals surface area contributed by atoms with E-state index in [1.54, 1.807) is 0 Å². The molecule has 0 radical (unpaired) electrons. The lowest BCUT2D eigenvalue weighted by Crippen LogP contribution is -2.47. The minimum Gasteiger partial charge on any atom is -0.373 e. The van der Waals surface area contributed by atoms with Gasteiger partial charge in [-0.2, -0.15) is 0 Å². The smallest absolute Gasteiger partial charge is 0.223 e. The SMILES string of the molecule is CN(Cc1ccccc1)C1COC2(CCN(C(=O)CC(C)(C)C)CC2)C1. The Morgan fingerprint density at radius 2 is 1.88 bits per heavy atom. The molecule has 2 heterocycles. The van der Waals surface area contributed by atoms with E-state index in [1.807, 2.05) is 4.90 Å². The molecule has 0 aliphatic carbocycles. The number of carbonyl (C=O) groups excluding carboxylic acids is 1. The summed E-state index contributed by atoms with van der Waals surface area (Å²) >= 11 is 0. The Balaban J connectivity index is 1.50. The van der Waals surface area contributed by atoms with Gasteiger partial charge in [0.2, 0.25) is 5.91 Å². The maximum Gasteiger partial charge on any atom is 0.223 e. The molecule has 4 heteroatoms. The molecule has 0 bridgehead atoms. The summed E-state index contributed by atoms with van der Waals surface area (Å²) < 4.78 is 6.30. The van der Waals surface area contributed by atoms with Crippen LogP contribution in [0.2, 0.25) is 0 Å². The summed E-state index contributed by atoms with van der Waals surface area (Å²) in [7, 11) is 2.20. The van der Waals surface area contributed by atoms with Crippen LogP contribution in [0.25, 0.3) is 0 Å². The van der Waals surface area contributed by atoms with Crippen molar-refractivity contribution in [3.63, 3.8) is 0 Å². The summed E-state index contributed by atoms with van der Waals surface area (Å²) in [6.07, 6.45) is 3.65. The van der Waals surface area contributed by atoms with Gasteiger partial charge < -0.3 is 9.64 Å². The van der Waals surface area contributed by atoms with Crippen molar-refractivity contribution in [1.29, 1.82) is 0 Å². The maximum atomic E-state index is 12.5. The number of ether oxygens (including phenoxy) is 1. The van der Waals surface area contributed by atoms with Crippen LogP contribution < -0.4 is 0 Å². The van der Waals surface area contributed by atoms with Crippen LogP contribution >= 0.6 is 0 Å². The minimum atomic E-state index is -0.0197. The molecule has 2 aliphatic rings. The standard InChI is InChI=1S/C22H34N2O2/c1-21(2,3)15-20(25)24-12-10-22(11-13-24)14-19(17-26-22)23(4)16-18-8-6-5-7-9-18/h5-9,19H,10-17H2,1-4H3. The van der Waals surface area contributed by atoms with Gasteiger partial charge in [0.25, 0.3) is 0 Å². The van der Waals surface area contributed by atoms with Crippen molar-refractivity contribution in [1.82, 2.24) is 9.80 Å². The van der Waals surface area contributed by atoms with Gasteiger partial charge in [-0.05, 0) is 37.3 Å². The first kappa shape index (κ1) is 19.4. The van der Waals surface area contributed by atoms with E-state index < -0.39 is 0 Å². The van der Waals surface area contributed by atoms with Gasteiger partial charge in [0.1, 0.15) is 0 Å². The van der Waals surface area contributed by atoms with Crippen molar-refractivity contribution in [3.05, 3.63) is 35.9 Å². The predicted molar refractivity (Wildman–Crippen MR) is 105 cm³/mol. The van der Waals surface area contributed by atoms with E-state index >= 15 is 0 Å². The van der Waals surface area contributed by atoms with Crippen LogP contribution in [0, 0.1) is 5.41 Å². The van der Waals surface area contributed by atoms with Gasteiger partial charge >= 0.3 is 0 Å². The zero-order chi connectivity index (χ0) is 18.8. The van der Waals surface area contributed by atoms with Crippen LogP contribution in [-0.4, -0.2) is 54.1 Å². The summed E-state index contributed by atoms with van der Waals surface area (Å²) in [5, 5.41) is 0. The first-order chi connectivity index (χ1) is 12.3. The quantitative estimate of drug-likeness (QED) is 0.823. The van der Waals surface area contributed by atoms with Gasteiger partial charge in [-0.3, -0.25) is 9.69 Å². The van der Waals surface area contributed by atoms with Crippen molar-refractivity contribution in [2.45, 2.75) is 64.6 Å². The Morgan fingerprint density at radius 1 is 1.23 bits per heavy atom. The number of rotatable bonds is 4. The van der Waals surface area contributed by atoms with E-state index in [9.17, 15) is 4.79 Å². The van der Waals surface area contributed by atoms with Crippen molar-refractivity contribution in [3.8, 4) is 0 Å². The Labute approximate surface area is 158 Å². The number of likely N-dealkylation sites (tertiary alicyclic amines) is 1. The number of hydrogen-bond donors (Lipinski definition) is 0. The average molecular weight is 359 g/mol. The Bertz CT molecular complexity index is 600. The topological polar surface area (TPSA) is 32.8 Å². The molecule has 1 atom stereocenters. The van der Waals surface area contributed by atoms with Crippen molar-refractivity contribution >= 4 is 5.91 Å². The Hall–Kier alpha value is -1.39. The zero-order valence-corrected chi connectivity index (χ0v) is 16.8. The van der Waals surface area contributed by atoms with E-state index in [2.05, 4.69) is 63.1 Å². The lowest BCUT2D eigenvalue weighted by Gasteiger charge is -2.39. The van der Waals surface area contributed by atoms with E-state index in [-0.39, 0.29) is 11.0 Å². The maximum absolute atomic E-state index is 12.5. The molecule has 1 spiro atoms. The van der Waals surface area contributed by atoms with Crippen molar-refractivity contribution < 1.29 is 9.53 Å². The molecular weight excluding hydrogens is 324 g/mol. The van der Waals surface area contributed by atoms with Crippen molar-refractivity contribution in [2.24, 2.45) is 5.41 Å². The number of piperidine rings is 1. The molecule has 1 aromatic carbocycles. The molecular formula is C22H34N2O2. The van der Waals surface area contributed by atoms with Gasteiger partial charge in [-0.25, -0.2) is 0 Å². The molecule has 0 aromatic heterocycles. The molecule has 2 saturated heterocycles. The predicted octanol–water partition coefficient (Wildman–Crippen LogP) is 3.70. The summed E-state index contributed by atoms with van der Waals surface area (Å²) in [5.74, 6) is 0.295. The molecule has 26 heavy (non-hydrogen) atoms. The fourth-order valence-corrected chi connectivity index (χ4v) is 4.18. The highest BCUT2D eigenvalue weighted by Gasteiger charge is 2.44. The van der Waals surface area contributed by atoms with E-state index in [1.165, 1.54) is 5.56 Å². The first-order valence-electron chi connectivity index (χ1n) is 9.92. The second kappa shape index (κ2) is 7.69. The molecule has 2 fully saturated rings. The zero-order valence-electron chi connectivity index (χ0n) is 16.8. The monoisotopic (exact) mass is 358 g/mol. The van der Waals surface area contributed by atoms with Crippen molar-refractivity contribution in [2.75, 3.05) is 26.7 Å². The average Bonchev–Trinajstić information content (AvgIpc) is 2.99. The van der Waals surface area contributed by atoms with Crippen LogP contribution in [0.15, 0.2) is 30.3 Å². The fraction of sp³-hybridized carbons (Fsp3) is 0.682. The Kier molecular flexibility index (Phi) is 5.73. The first-order valence-corrected chi connectivity index (χ1v) is 9.92. The number of benzene rings is 1. The summed E-state index contributed by atoms with van der Waals surface area (Å²) in [6.45, 7) is 9.82. The van der Waals surface area contributed by atoms with Crippen LogP contribution in [0.5, 0.6) is 0 Å². The van der Waals surface area contributed by atoms with Gasteiger partial charge in [-0.15, -0.1) is 0 Å². The number of likely N-dealkylation sites (N-methyl/N-ethyl adjacent to an activating group) is 1. The third-order valence-corrected chi connectivity index (χ3v) is 5.80. The molecule has 4 nitrogen and oxygen atoms in total. The highest BCUT2D eigenvalue weighted by atomic mass is 16.5. The number of carbonyl (C=O) groups is 1. The highest BCUT2D eigenvalue weighted by Crippen LogP contribution is 2.38. The van der Waals surface area contributed by atoms with Gasteiger partial charge in [-0.1, -0.05) is 51.1 Å². The van der Waals surface area contributed by atoms with Crippen LogP contribution in [0.4, 0.5) is 0 Å².